The van der Waals surface area contributed by atoms with Gasteiger partial charge in [0, 0.05) is 11.6 Å². The van der Waals surface area contributed by atoms with Crippen LogP contribution in [0.3, 0.4) is 0 Å². The Kier molecular flexibility index (Phi) is 7.19. The summed E-state index contributed by atoms with van der Waals surface area (Å²) in [7, 11) is 0. The first-order valence-electron chi connectivity index (χ1n) is 9.50. The van der Waals surface area contributed by atoms with Crippen molar-refractivity contribution in [2.75, 3.05) is 0 Å². The highest BCUT2D eigenvalue weighted by Crippen LogP contribution is 2.37. The van der Waals surface area contributed by atoms with Gasteiger partial charge in [0.2, 0.25) is 0 Å². The fourth-order valence-electron chi connectivity index (χ4n) is 3.15. The van der Waals surface area contributed by atoms with Crippen LogP contribution in [0.15, 0.2) is 47.5 Å². The van der Waals surface area contributed by atoms with Crippen molar-refractivity contribution >= 4 is 23.1 Å². The minimum absolute atomic E-state index is 0.0632. The summed E-state index contributed by atoms with van der Waals surface area (Å²) in [4.78, 5) is 3.24. The van der Waals surface area contributed by atoms with E-state index in [2.05, 4.69) is 21.9 Å². The minimum atomic E-state index is -4.33. The molecule has 0 spiro atoms. The monoisotopic (exact) mass is 485 g/mol. The average molecular weight is 485 g/mol. The van der Waals surface area contributed by atoms with Crippen molar-refractivity contribution in [2.24, 2.45) is 4.99 Å². The molecule has 0 N–H and O–H groups in total. The third kappa shape index (κ3) is 5.07. The van der Waals surface area contributed by atoms with Gasteiger partial charge in [0.05, 0.1) is 5.16 Å². The van der Waals surface area contributed by atoms with Gasteiger partial charge in [0.15, 0.2) is 23.3 Å². The molecule has 0 aliphatic carbocycles. The summed E-state index contributed by atoms with van der Waals surface area (Å²) in [5.41, 5.74) is -2.71. The van der Waals surface area contributed by atoms with Gasteiger partial charge < -0.3 is 4.74 Å². The number of aryl methyl sites for hydroxylation is 1. The molecule has 0 aliphatic rings. The van der Waals surface area contributed by atoms with Crippen LogP contribution in [0.2, 0.25) is 0 Å². The maximum atomic E-state index is 14.6. The molecule has 0 saturated heterocycles. The number of ether oxygens (including phenoxy) is 1. The van der Waals surface area contributed by atoms with E-state index < -0.39 is 52.2 Å². The largest absolute Gasteiger partial charge is 0.429 e. The summed E-state index contributed by atoms with van der Waals surface area (Å²) in [5.74, 6) is -7.34. The Labute approximate surface area is 189 Å². The third-order valence-electron chi connectivity index (χ3n) is 4.67. The van der Waals surface area contributed by atoms with Crippen LogP contribution >= 0.6 is 12.2 Å². The number of halogens is 7. The van der Waals surface area contributed by atoms with E-state index in [-0.39, 0.29) is 23.1 Å². The van der Waals surface area contributed by atoms with Crippen LogP contribution in [0, 0.1) is 29.1 Å². The number of isothiocyanates is 1. The molecular weight excluding hydrogens is 471 g/mol. The lowest BCUT2D eigenvalue weighted by Crippen LogP contribution is -2.24. The smallest absolute Gasteiger partial charge is 0.429 e. The summed E-state index contributed by atoms with van der Waals surface area (Å²) in [6.07, 6.45) is -3.70. The van der Waals surface area contributed by atoms with Crippen molar-refractivity contribution in [3.63, 3.8) is 0 Å². The normalized spacial score (nSPS) is 11.3. The van der Waals surface area contributed by atoms with Gasteiger partial charge in [-0.1, -0.05) is 19.4 Å². The highest BCUT2D eigenvalue weighted by molar-refractivity contribution is 7.78. The van der Waals surface area contributed by atoms with E-state index in [1.807, 2.05) is 5.16 Å². The minimum Gasteiger partial charge on any atom is -0.429 e. The van der Waals surface area contributed by atoms with Crippen molar-refractivity contribution in [2.45, 2.75) is 25.9 Å². The van der Waals surface area contributed by atoms with Crippen molar-refractivity contribution in [3.05, 3.63) is 82.7 Å². The second-order valence-electron chi connectivity index (χ2n) is 6.90. The van der Waals surface area contributed by atoms with Gasteiger partial charge in [-0.25, -0.2) is 22.0 Å². The Balaban J connectivity index is 1.92. The maximum absolute atomic E-state index is 14.6. The summed E-state index contributed by atoms with van der Waals surface area (Å²) < 4.78 is 104. The van der Waals surface area contributed by atoms with Gasteiger partial charge in [0.1, 0.15) is 22.8 Å². The molecule has 0 aromatic heterocycles. The van der Waals surface area contributed by atoms with Gasteiger partial charge in [-0.15, -0.1) is 0 Å². The quantitative estimate of drug-likeness (QED) is 0.193. The molecule has 3 aromatic rings. The van der Waals surface area contributed by atoms with Crippen LogP contribution in [0.4, 0.5) is 36.4 Å². The van der Waals surface area contributed by atoms with E-state index in [0.717, 1.165) is 30.3 Å². The first-order chi connectivity index (χ1) is 15.6. The molecule has 3 rings (SSSR count). The fourth-order valence-corrected chi connectivity index (χ4v) is 3.24. The lowest BCUT2D eigenvalue weighted by molar-refractivity contribution is -0.187. The van der Waals surface area contributed by atoms with Crippen LogP contribution in [-0.2, 0) is 12.5 Å². The van der Waals surface area contributed by atoms with Gasteiger partial charge in [-0.3, -0.25) is 0 Å². The average Bonchev–Trinajstić information content (AvgIpc) is 2.73. The lowest BCUT2D eigenvalue weighted by atomic mass is 10.0. The summed E-state index contributed by atoms with van der Waals surface area (Å²) in [6, 6.07) is 5.64. The Morgan fingerprint density at radius 1 is 0.909 bits per heavy atom. The van der Waals surface area contributed by atoms with Gasteiger partial charge >= 0.3 is 6.11 Å². The molecule has 172 valence electrons. The van der Waals surface area contributed by atoms with Crippen LogP contribution in [0.5, 0.6) is 5.75 Å². The molecule has 3 aromatic carbocycles. The Hall–Kier alpha value is -3.23. The highest BCUT2D eigenvalue weighted by atomic mass is 32.1. The molecule has 0 amide bonds. The van der Waals surface area contributed by atoms with Gasteiger partial charge in [-0.05, 0) is 60.1 Å². The molecule has 0 unspecified atom stereocenters. The first-order valence-corrected chi connectivity index (χ1v) is 9.90. The second kappa shape index (κ2) is 9.72. The van der Waals surface area contributed by atoms with Crippen molar-refractivity contribution in [3.8, 4) is 16.9 Å². The first kappa shape index (κ1) is 24.4. The molecule has 10 heteroatoms. The van der Waals surface area contributed by atoms with E-state index >= 15 is 0 Å². The van der Waals surface area contributed by atoms with Gasteiger partial charge in [0.25, 0.3) is 0 Å². The molecule has 0 radical (unpaired) electrons. The number of benzene rings is 3. The summed E-state index contributed by atoms with van der Waals surface area (Å²) in [5, 5.41) is 1.81. The maximum Gasteiger partial charge on any atom is 0.429 e. The van der Waals surface area contributed by atoms with Crippen LogP contribution < -0.4 is 4.74 Å². The zero-order chi connectivity index (χ0) is 24.3. The Morgan fingerprint density at radius 3 is 2.15 bits per heavy atom. The fraction of sp³-hybridized carbons (Fsp3) is 0.174. The SMILES string of the molecule is CCCc1ccc(C(F)(F)Oc2ccc(-c3cc(F)c(N=C=S)c(F)c3)c(F)c2)c(F)c1F. The molecule has 33 heavy (non-hydrogen) atoms. The van der Waals surface area contributed by atoms with E-state index in [9.17, 15) is 30.7 Å². The number of alkyl halides is 2. The van der Waals surface area contributed by atoms with E-state index in [0.29, 0.717) is 18.6 Å². The van der Waals surface area contributed by atoms with Crippen molar-refractivity contribution in [1.82, 2.24) is 0 Å². The second-order valence-corrected chi connectivity index (χ2v) is 7.08. The summed E-state index contributed by atoms with van der Waals surface area (Å²) >= 11 is 4.30. The number of hydrogen-bond donors (Lipinski definition) is 0. The predicted molar refractivity (Wildman–Crippen MR) is 111 cm³/mol. The number of hydrogen-bond acceptors (Lipinski definition) is 3. The molecular formula is C23H14F7NOS. The van der Waals surface area contributed by atoms with Crippen LogP contribution in [0.25, 0.3) is 11.1 Å². The standard InChI is InChI=1S/C23H14F7NOS/c1-2-3-12-4-7-16(21(28)20(12)27)23(29,30)32-14-5-6-15(17(24)10-14)13-8-18(25)22(31-11-33)19(26)9-13/h4-10H,2-3H2,1H3. The topological polar surface area (TPSA) is 21.6 Å². The number of rotatable bonds is 7. The Bertz CT molecular complexity index is 1230. The van der Waals surface area contributed by atoms with E-state index in [1.165, 1.54) is 0 Å². The molecule has 2 nitrogen and oxygen atoms in total. The molecule has 0 fully saturated rings. The number of nitrogens with zero attached hydrogens (tertiary/aromatic N) is 1. The van der Waals surface area contributed by atoms with Gasteiger partial charge in [-0.2, -0.15) is 13.8 Å². The zero-order valence-electron chi connectivity index (χ0n) is 16.9. The molecule has 0 atom stereocenters. The van der Waals surface area contributed by atoms with Crippen LogP contribution in [-0.4, -0.2) is 5.16 Å². The number of thiocarbonyl (C=S) groups is 1. The molecule has 0 saturated carbocycles. The molecule has 0 bridgehead atoms. The predicted octanol–water partition coefficient (Wildman–Crippen LogP) is 7.86. The van der Waals surface area contributed by atoms with Crippen LogP contribution in [0.1, 0.15) is 24.5 Å². The third-order valence-corrected chi connectivity index (χ3v) is 4.76. The molecule has 0 aliphatic heterocycles. The molecule has 0 heterocycles. The van der Waals surface area contributed by atoms with Crippen molar-refractivity contribution in [1.29, 1.82) is 0 Å². The number of aliphatic imine (C=N–C) groups is 1. The Morgan fingerprint density at radius 2 is 1.58 bits per heavy atom. The van der Waals surface area contributed by atoms with E-state index in [4.69, 9.17) is 0 Å². The lowest BCUT2D eigenvalue weighted by Gasteiger charge is -2.20. The van der Waals surface area contributed by atoms with Crippen molar-refractivity contribution < 1.29 is 35.5 Å². The highest BCUT2D eigenvalue weighted by Gasteiger charge is 2.39. The summed E-state index contributed by atoms with van der Waals surface area (Å²) in [6.45, 7) is 1.71. The van der Waals surface area contributed by atoms with E-state index in [1.54, 1.807) is 6.92 Å². The zero-order valence-corrected chi connectivity index (χ0v) is 17.7.